The summed E-state index contributed by atoms with van der Waals surface area (Å²) < 4.78 is 0. The maximum atomic E-state index is 10.1. The van der Waals surface area contributed by atoms with Crippen LogP contribution in [-0.2, 0) is 17.7 Å². The van der Waals surface area contributed by atoms with Crippen molar-refractivity contribution in [1.29, 1.82) is 0 Å². The van der Waals surface area contributed by atoms with E-state index >= 15 is 0 Å². The molecule has 0 aliphatic rings. The number of hydrogen-bond donors (Lipinski definition) is 1. The molecule has 0 fully saturated rings. The summed E-state index contributed by atoms with van der Waals surface area (Å²) in [5.74, 6) is 0. The molecule has 2 N–H and O–H groups in total. The van der Waals surface area contributed by atoms with Gasteiger partial charge in [0.25, 0.3) is 5.09 Å². The van der Waals surface area contributed by atoms with Crippen molar-refractivity contribution in [3.63, 3.8) is 0 Å². The van der Waals surface area contributed by atoms with E-state index < -0.39 is 5.09 Å². The molecular formula is C14H17N3O3S. The van der Waals surface area contributed by atoms with Crippen molar-refractivity contribution in [2.45, 2.75) is 25.8 Å². The van der Waals surface area contributed by atoms with Crippen molar-refractivity contribution >= 4 is 11.3 Å². The molecule has 1 atom stereocenters. The van der Waals surface area contributed by atoms with E-state index in [0.717, 1.165) is 27.6 Å². The molecule has 2 aromatic rings. The van der Waals surface area contributed by atoms with E-state index in [1.807, 2.05) is 37.3 Å². The monoisotopic (exact) mass is 307 g/mol. The van der Waals surface area contributed by atoms with Gasteiger partial charge in [-0.1, -0.05) is 30.3 Å². The van der Waals surface area contributed by atoms with Crippen molar-refractivity contribution in [2.24, 2.45) is 5.73 Å². The van der Waals surface area contributed by atoms with E-state index in [1.165, 1.54) is 11.3 Å². The molecule has 7 heteroatoms. The molecule has 1 aromatic heterocycles. The van der Waals surface area contributed by atoms with Gasteiger partial charge in [0, 0.05) is 11.3 Å². The Morgan fingerprint density at radius 2 is 2.14 bits per heavy atom. The first-order chi connectivity index (χ1) is 10.1. The fourth-order valence-electron chi connectivity index (χ4n) is 2.01. The summed E-state index contributed by atoms with van der Waals surface area (Å²) in [5.41, 5.74) is 8.22. The first kappa shape index (κ1) is 15.4. The highest BCUT2D eigenvalue weighted by Gasteiger charge is 2.15. The number of aryl methyl sites for hydroxylation is 1. The van der Waals surface area contributed by atoms with Crippen molar-refractivity contribution in [3.05, 3.63) is 61.6 Å². The number of aromatic nitrogens is 1. The number of nitrogens with two attached hydrogens (primary N) is 1. The molecule has 6 nitrogen and oxygen atoms in total. The van der Waals surface area contributed by atoms with Gasteiger partial charge in [-0.25, -0.2) is 4.98 Å². The van der Waals surface area contributed by atoms with Gasteiger partial charge in [0.15, 0.2) is 0 Å². The third-order valence-corrected chi connectivity index (χ3v) is 4.40. The number of rotatable bonds is 7. The Bertz CT molecular complexity index is 601. The van der Waals surface area contributed by atoms with E-state index in [-0.39, 0.29) is 12.6 Å². The molecule has 112 valence electrons. The average molecular weight is 307 g/mol. The van der Waals surface area contributed by atoms with E-state index in [4.69, 9.17) is 5.73 Å². The predicted octanol–water partition coefficient (Wildman–Crippen LogP) is 2.44. The van der Waals surface area contributed by atoms with Gasteiger partial charge in [-0.2, -0.15) is 0 Å². The smallest absolute Gasteiger partial charge is 0.294 e. The molecule has 0 bridgehead atoms. The fourth-order valence-corrected chi connectivity index (χ4v) is 3.06. The Balaban J connectivity index is 1.98. The topological polar surface area (TPSA) is 91.3 Å². The average Bonchev–Trinajstić information content (AvgIpc) is 2.81. The zero-order valence-electron chi connectivity index (χ0n) is 11.7. The molecule has 1 heterocycles. The molecule has 2 rings (SSSR count). The molecular weight excluding hydrogens is 290 g/mol. The van der Waals surface area contributed by atoms with Crippen LogP contribution in [0.15, 0.2) is 30.3 Å². The minimum absolute atomic E-state index is 0.0450. The minimum atomic E-state index is -0.779. The van der Waals surface area contributed by atoms with Crippen LogP contribution in [0, 0.1) is 17.0 Å². The van der Waals surface area contributed by atoms with E-state index in [0.29, 0.717) is 6.42 Å². The Labute approximate surface area is 126 Å². The Kier molecular flexibility index (Phi) is 5.24. The zero-order chi connectivity index (χ0) is 15.2. The second-order valence-electron chi connectivity index (χ2n) is 4.66. The van der Waals surface area contributed by atoms with Crippen LogP contribution in [0.25, 0.3) is 0 Å². The largest absolute Gasteiger partial charge is 0.322 e. The van der Waals surface area contributed by atoms with Gasteiger partial charge in [0.1, 0.15) is 11.6 Å². The van der Waals surface area contributed by atoms with Crippen molar-refractivity contribution in [1.82, 2.24) is 4.98 Å². The van der Waals surface area contributed by atoms with E-state index in [9.17, 15) is 10.1 Å². The third-order valence-electron chi connectivity index (χ3n) is 3.05. The molecule has 1 unspecified atom stereocenters. The van der Waals surface area contributed by atoms with Gasteiger partial charge in [-0.3, -0.25) is 0 Å². The molecule has 0 aliphatic carbocycles. The summed E-state index contributed by atoms with van der Waals surface area (Å²) in [6.07, 6.45) is 1.20. The molecule has 0 radical (unpaired) electrons. The van der Waals surface area contributed by atoms with Gasteiger partial charge in [0.2, 0.25) is 0 Å². The van der Waals surface area contributed by atoms with Crippen molar-refractivity contribution < 1.29 is 9.92 Å². The molecule has 0 saturated heterocycles. The summed E-state index contributed by atoms with van der Waals surface area (Å²) in [6.45, 7) is 1.93. The van der Waals surface area contributed by atoms with Gasteiger partial charge in [-0.05, 0) is 18.9 Å². The first-order valence-electron chi connectivity index (χ1n) is 6.59. The van der Waals surface area contributed by atoms with Crippen LogP contribution in [0.4, 0.5) is 0 Å². The number of thiazole rings is 1. The molecule has 0 aliphatic heterocycles. The van der Waals surface area contributed by atoms with Crippen LogP contribution in [0.1, 0.15) is 27.2 Å². The lowest BCUT2D eigenvalue weighted by atomic mass is 10.1. The summed E-state index contributed by atoms with van der Waals surface area (Å²) in [7, 11) is 0. The van der Waals surface area contributed by atoms with Crippen LogP contribution in [0.2, 0.25) is 0 Å². The molecule has 0 amide bonds. The Hall–Kier alpha value is -1.99. The summed E-state index contributed by atoms with van der Waals surface area (Å²) in [5, 5.41) is 10.2. The number of nitrogens with zero attached hydrogens (tertiary/aromatic N) is 2. The second kappa shape index (κ2) is 7.14. The number of hydrogen-bond acceptors (Lipinski definition) is 6. The fraction of sp³-hybridized carbons (Fsp3) is 0.357. The van der Waals surface area contributed by atoms with Crippen LogP contribution in [0.5, 0.6) is 0 Å². The minimum Gasteiger partial charge on any atom is -0.322 e. The standard InChI is InChI=1S/C14H17N3O3S/c1-10-13(7-8-20-17(18)19)21-14(16-10)12(15)9-11-5-3-2-4-6-11/h2-6,12H,7-9,15H2,1H3. The lowest BCUT2D eigenvalue weighted by Crippen LogP contribution is -2.12. The predicted molar refractivity (Wildman–Crippen MR) is 80.6 cm³/mol. The highest BCUT2D eigenvalue weighted by atomic mass is 32.1. The Morgan fingerprint density at radius 3 is 2.81 bits per heavy atom. The van der Waals surface area contributed by atoms with Crippen LogP contribution in [0.3, 0.4) is 0 Å². The van der Waals surface area contributed by atoms with E-state index in [2.05, 4.69) is 9.82 Å². The molecule has 0 saturated carbocycles. The van der Waals surface area contributed by atoms with Crippen LogP contribution in [-0.4, -0.2) is 16.7 Å². The molecule has 0 spiro atoms. The Morgan fingerprint density at radius 1 is 1.43 bits per heavy atom. The van der Waals surface area contributed by atoms with Crippen molar-refractivity contribution in [2.75, 3.05) is 6.61 Å². The first-order valence-corrected chi connectivity index (χ1v) is 7.41. The quantitative estimate of drug-likeness (QED) is 0.626. The SMILES string of the molecule is Cc1nc(C(N)Cc2ccccc2)sc1CCO[N+](=O)[O-]. The van der Waals surface area contributed by atoms with Gasteiger partial charge in [-0.15, -0.1) is 21.5 Å². The van der Waals surface area contributed by atoms with Gasteiger partial charge < -0.3 is 10.6 Å². The molecule has 21 heavy (non-hydrogen) atoms. The van der Waals surface area contributed by atoms with Crippen LogP contribution < -0.4 is 5.73 Å². The van der Waals surface area contributed by atoms with Crippen LogP contribution >= 0.6 is 11.3 Å². The molecule has 1 aromatic carbocycles. The summed E-state index contributed by atoms with van der Waals surface area (Å²) in [6, 6.07) is 9.83. The highest BCUT2D eigenvalue weighted by Crippen LogP contribution is 2.25. The second-order valence-corrected chi connectivity index (χ2v) is 5.78. The summed E-state index contributed by atoms with van der Waals surface area (Å²) >= 11 is 1.50. The third kappa shape index (κ3) is 4.51. The lowest BCUT2D eigenvalue weighted by Gasteiger charge is -2.08. The van der Waals surface area contributed by atoms with Gasteiger partial charge >= 0.3 is 0 Å². The summed E-state index contributed by atoms with van der Waals surface area (Å²) in [4.78, 5) is 19.9. The van der Waals surface area contributed by atoms with Crippen molar-refractivity contribution in [3.8, 4) is 0 Å². The van der Waals surface area contributed by atoms with E-state index in [1.54, 1.807) is 0 Å². The maximum Gasteiger partial charge on any atom is 0.294 e. The normalized spacial score (nSPS) is 12.1. The highest BCUT2D eigenvalue weighted by molar-refractivity contribution is 7.11. The lowest BCUT2D eigenvalue weighted by molar-refractivity contribution is -0.757. The zero-order valence-corrected chi connectivity index (χ0v) is 12.5. The maximum absolute atomic E-state index is 10.1. The van der Waals surface area contributed by atoms with Gasteiger partial charge in [0.05, 0.1) is 11.7 Å². The number of benzene rings is 1.